The van der Waals surface area contributed by atoms with Gasteiger partial charge in [-0.3, -0.25) is 0 Å². The predicted molar refractivity (Wildman–Crippen MR) is 75.8 cm³/mol. The molecule has 1 heterocycles. The molecule has 0 amide bonds. The number of esters is 1. The first-order valence-electron chi connectivity index (χ1n) is 7.05. The molecule has 18 heavy (non-hydrogen) atoms. The molecule has 1 aliphatic rings. The highest BCUT2D eigenvalue weighted by atomic mass is 28.4. The lowest BCUT2D eigenvalue weighted by Gasteiger charge is -2.34. The highest BCUT2D eigenvalue weighted by Crippen LogP contribution is 2.29. The fraction of sp³-hybridized carbons (Fsp3) is 0.786. The van der Waals surface area contributed by atoms with E-state index in [0.29, 0.717) is 13.0 Å². The molecular weight excluding hydrogens is 244 g/mol. The van der Waals surface area contributed by atoms with Crippen LogP contribution in [0.5, 0.6) is 0 Å². The second kappa shape index (κ2) is 7.09. The van der Waals surface area contributed by atoms with Crippen molar-refractivity contribution >= 4 is 14.3 Å². The summed E-state index contributed by atoms with van der Waals surface area (Å²) in [5.74, 6) is -0.207. The molecule has 0 saturated carbocycles. The summed E-state index contributed by atoms with van der Waals surface area (Å²) in [6.45, 7) is 8.82. The third-order valence-corrected chi connectivity index (χ3v) is 6.26. The van der Waals surface area contributed by atoms with Crippen molar-refractivity contribution in [3.8, 4) is 0 Å². The third kappa shape index (κ3) is 4.25. The highest BCUT2D eigenvalue weighted by molar-refractivity contribution is 6.78. The van der Waals surface area contributed by atoms with E-state index in [-0.39, 0.29) is 12.1 Å². The van der Waals surface area contributed by atoms with Crippen LogP contribution in [-0.2, 0) is 14.0 Å². The first-order valence-corrected chi connectivity index (χ1v) is 9.96. The first kappa shape index (κ1) is 15.4. The molecule has 0 aliphatic carbocycles. The molecule has 1 rings (SSSR count). The van der Waals surface area contributed by atoms with E-state index in [1.807, 2.05) is 6.92 Å². The van der Waals surface area contributed by atoms with Crippen LogP contribution in [0.1, 0.15) is 46.0 Å². The van der Waals surface area contributed by atoms with Crippen molar-refractivity contribution in [2.24, 2.45) is 0 Å². The summed E-state index contributed by atoms with van der Waals surface area (Å²) >= 11 is 0. The molecule has 0 saturated heterocycles. The van der Waals surface area contributed by atoms with Gasteiger partial charge < -0.3 is 9.16 Å². The predicted octanol–water partition coefficient (Wildman–Crippen LogP) is 3.59. The fourth-order valence-corrected chi connectivity index (χ4v) is 4.77. The Hall–Kier alpha value is -0.613. The molecule has 0 aromatic heterocycles. The minimum absolute atomic E-state index is 0.207. The van der Waals surface area contributed by atoms with E-state index in [2.05, 4.69) is 26.1 Å². The van der Waals surface area contributed by atoms with Crippen LogP contribution in [0, 0.1) is 0 Å². The molecule has 3 nitrogen and oxygen atoms in total. The average Bonchev–Trinajstić information content (AvgIpc) is 2.31. The van der Waals surface area contributed by atoms with Gasteiger partial charge in [0.25, 0.3) is 0 Å². The van der Waals surface area contributed by atoms with Crippen molar-refractivity contribution in [1.82, 2.24) is 0 Å². The normalized spacial score (nSPS) is 22.4. The van der Waals surface area contributed by atoms with Gasteiger partial charge in [0.15, 0.2) is 0 Å². The zero-order chi connectivity index (χ0) is 13.6. The van der Waals surface area contributed by atoms with Crippen LogP contribution in [0.25, 0.3) is 0 Å². The number of hydrogen-bond donors (Lipinski definition) is 0. The van der Waals surface area contributed by atoms with Gasteiger partial charge in [-0.05, 0) is 32.9 Å². The van der Waals surface area contributed by atoms with Crippen molar-refractivity contribution in [2.75, 3.05) is 6.61 Å². The maximum atomic E-state index is 11.7. The number of unbranched alkanes of at least 4 members (excludes halogenated alkanes) is 2. The number of rotatable bonds is 6. The van der Waals surface area contributed by atoms with Crippen molar-refractivity contribution in [1.29, 1.82) is 0 Å². The Morgan fingerprint density at radius 1 is 1.44 bits per heavy atom. The molecule has 0 fully saturated rings. The Bertz CT molecular complexity index is 310. The second-order valence-corrected chi connectivity index (χ2v) is 9.19. The number of carbonyl (C=O) groups is 1. The maximum absolute atomic E-state index is 11.7. The molecular formula is C14H26O3Si. The molecule has 1 aliphatic heterocycles. The van der Waals surface area contributed by atoms with E-state index in [1.165, 1.54) is 24.5 Å². The van der Waals surface area contributed by atoms with Gasteiger partial charge in [0.1, 0.15) is 6.10 Å². The van der Waals surface area contributed by atoms with E-state index in [1.54, 1.807) is 0 Å². The van der Waals surface area contributed by atoms with Crippen LogP contribution in [0.2, 0.25) is 13.1 Å². The Kier molecular flexibility index (Phi) is 6.09. The minimum atomic E-state index is -1.86. The average molecular weight is 270 g/mol. The van der Waals surface area contributed by atoms with E-state index >= 15 is 0 Å². The summed E-state index contributed by atoms with van der Waals surface area (Å²) in [7, 11) is -1.86. The Balaban J connectivity index is 2.59. The van der Waals surface area contributed by atoms with E-state index in [9.17, 15) is 4.79 Å². The zero-order valence-electron chi connectivity index (χ0n) is 12.1. The van der Waals surface area contributed by atoms with Crippen LogP contribution in [0.3, 0.4) is 0 Å². The smallest absolute Gasteiger partial charge is 0.334 e. The molecule has 0 aromatic rings. The Morgan fingerprint density at radius 2 is 2.17 bits per heavy atom. The lowest BCUT2D eigenvalue weighted by Crippen LogP contribution is -2.44. The Labute approximate surface area is 112 Å². The molecule has 0 bridgehead atoms. The first-order chi connectivity index (χ1) is 8.51. The van der Waals surface area contributed by atoms with Gasteiger partial charge in [-0.2, -0.15) is 0 Å². The topological polar surface area (TPSA) is 35.5 Å². The lowest BCUT2D eigenvalue weighted by atomic mass is 10.1. The Morgan fingerprint density at radius 3 is 2.72 bits per heavy atom. The maximum Gasteiger partial charge on any atom is 0.334 e. The van der Waals surface area contributed by atoms with Gasteiger partial charge in [-0.15, -0.1) is 0 Å². The summed E-state index contributed by atoms with van der Waals surface area (Å²) in [5, 5.41) is 1.46. The van der Waals surface area contributed by atoms with Crippen LogP contribution in [-0.4, -0.2) is 27.0 Å². The number of ether oxygens (including phenoxy) is 1. The molecule has 0 aromatic carbocycles. The second-order valence-electron chi connectivity index (χ2n) is 5.29. The molecule has 1 unspecified atom stereocenters. The summed E-state index contributed by atoms with van der Waals surface area (Å²) in [6.07, 6.45) is 7.39. The molecule has 4 heteroatoms. The summed E-state index contributed by atoms with van der Waals surface area (Å²) in [6, 6.07) is 0. The summed E-state index contributed by atoms with van der Waals surface area (Å²) < 4.78 is 11.1. The standard InChI is InChI=1S/C14H26O3Si/c1-5-7-8-9-12-10-11-13(14(15)16-6-2)17-18(12,3)4/h10,13H,5-9,11H2,1-4H3. The summed E-state index contributed by atoms with van der Waals surface area (Å²) in [4.78, 5) is 11.7. The lowest BCUT2D eigenvalue weighted by molar-refractivity contribution is -0.151. The van der Waals surface area contributed by atoms with Gasteiger partial charge in [-0.25, -0.2) is 4.79 Å². The molecule has 0 N–H and O–H groups in total. The quantitative estimate of drug-likeness (QED) is 0.420. The van der Waals surface area contributed by atoms with Crippen LogP contribution in [0.15, 0.2) is 11.3 Å². The number of carbonyl (C=O) groups excluding carboxylic acids is 1. The van der Waals surface area contributed by atoms with Crippen molar-refractivity contribution in [2.45, 2.75) is 65.1 Å². The molecule has 104 valence electrons. The van der Waals surface area contributed by atoms with Gasteiger partial charge in [0.2, 0.25) is 8.32 Å². The van der Waals surface area contributed by atoms with Gasteiger partial charge in [-0.1, -0.05) is 31.0 Å². The molecule has 1 atom stereocenters. The van der Waals surface area contributed by atoms with Crippen LogP contribution in [0.4, 0.5) is 0 Å². The highest BCUT2D eigenvalue weighted by Gasteiger charge is 2.37. The zero-order valence-corrected chi connectivity index (χ0v) is 13.1. The van der Waals surface area contributed by atoms with Crippen LogP contribution >= 0.6 is 0 Å². The molecule has 0 spiro atoms. The number of hydrogen-bond acceptors (Lipinski definition) is 3. The molecule has 0 radical (unpaired) electrons. The van der Waals surface area contributed by atoms with Crippen molar-refractivity contribution < 1.29 is 14.0 Å². The van der Waals surface area contributed by atoms with Gasteiger partial charge >= 0.3 is 5.97 Å². The van der Waals surface area contributed by atoms with Crippen molar-refractivity contribution in [3.63, 3.8) is 0 Å². The fourth-order valence-electron chi connectivity index (χ4n) is 2.32. The van der Waals surface area contributed by atoms with E-state index in [4.69, 9.17) is 9.16 Å². The van der Waals surface area contributed by atoms with E-state index < -0.39 is 8.32 Å². The largest absolute Gasteiger partial charge is 0.464 e. The minimum Gasteiger partial charge on any atom is -0.464 e. The van der Waals surface area contributed by atoms with Crippen LogP contribution < -0.4 is 0 Å². The number of allylic oxidation sites excluding steroid dienone is 1. The SMILES string of the molecule is CCCCCC1=CCC(C(=O)OCC)O[Si]1(C)C. The van der Waals surface area contributed by atoms with Crippen molar-refractivity contribution in [3.05, 3.63) is 11.3 Å². The van der Waals surface area contributed by atoms with E-state index in [0.717, 1.165) is 6.42 Å². The summed E-state index contributed by atoms with van der Waals surface area (Å²) in [5.41, 5.74) is 0. The third-order valence-electron chi connectivity index (χ3n) is 3.39. The van der Waals surface area contributed by atoms with Gasteiger partial charge in [0.05, 0.1) is 6.61 Å². The van der Waals surface area contributed by atoms with Gasteiger partial charge in [0, 0.05) is 6.42 Å². The monoisotopic (exact) mass is 270 g/mol.